The first kappa shape index (κ1) is 5.06. The molecule has 0 aliphatic heterocycles. The minimum Gasteiger partial charge on any atom is -0.390 e. The lowest BCUT2D eigenvalue weighted by molar-refractivity contribution is -0.131. The van der Waals surface area contributed by atoms with Crippen LogP contribution in [0.5, 0.6) is 0 Å². The van der Waals surface area contributed by atoms with Crippen molar-refractivity contribution in [2.75, 3.05) is 0 Å². The molecule has 2 atom stereocenters. The Morgan fingerprint density at radius 1 is 1.71 bits per heavy atom. The topological polar surface area (TPSA) is 40.5 Å². The van der Waals surface area contributed by atoms with Gasteiger partial charge in [0.1, 0.15) is 0 Å². The zero-order chi connectivity index (χ0) is 5.49. The molecule has 1 aliphatic rings. The van der Waals surface area contributed by atoms with Crippen molar-refractivity contribution in [3.63, 3.8) is 0 Å². The molecule has 0 saturated heterocycles. The van der Waals surface area contributed by atoms with E-state index in [4.69, 9.17) is 10.2 Å². The van der Waals surface area contributed by atoms with Gasteiger partial charge in [-0.2, -0.15) is 0 Å². The highest BCUT2D eigenvalue weighted by atomic mass is 16.3. The van der Waals surface area contributed by atoms with Gasteiger partial charge in [-0.3, -0.25) is 0 Å². The third-order valence-electron chi connectivity index (χ3n) is 1.64. The van der Waals surface area contributed by atoms with Crippen LogP contribution in [0.3, 0.4) is 0 Å². The van der Waals surface area contributed by atoms with Crippen LogP contribution < -0.4 is 0 Å². The van der Waals surface area contributed by atoms with Crippen molar-refractivity contribution in [3.05, 3.63) is 0 Å². The highest BCUT2D eigenvalue weighted by Crippen LogP contribution is 2.30. The van der Waals surface area contributed by atoms with Crippen molar-refractivity contribution < 1.29 is 10.2 Å². The fourth-order valence-electron chi connectivity index (χ4n) is 0.691. The van der Waals surface area contributed by atoms with Crippen LogP contribution in [0.15, 0.2) is 0 Å². The Hall–Kier alpha value is -0.0800. The Labute approximate surface area is 42.8 Å². The first-order valence-electron chi connectivity index (χ1n) is 2.53. The molecule has 1 rings (SSSR count). The van der Waals surface area contributed by atoms with Crippen molar-refractivity contribution in [1.82, 2.24) is 0 Å². The van der Waals surface area contributed by atoms with Gasteiger partial charge in [0.15, 0.2) is 0 Å². The number of hydrogen-bond donors (Lipinski definition) is 2. The van der Waals surface area contributed by atoms with Crippen molar-refractivity contribution in [3.8, 4) is 0 Å². The molecule has 0 bridgehead atoms. The normalized spacial score (nSPS) is 51.0. The third-order valence-corrected chi connectivity index (χ3v) is 1.64. The monoisotopic (exact) mass is 102 g/mol. The van der Waals surface area contributed by atoms with E-state index in [1.54, 1.807) is 6.92 Å². The lowest BCUT2D eigenvalue weighted by Gasteiger charge is -2.38. The second-order valence-electron chi connectivity index (χ2n) is 2.41. The van der Waals surface area contributed by atoms with E-state index in [2.05, 4.69) is 0 Å². The number of aliphatic hydroxyl groups is 2. The van der Waals surface area contributed by atoms with E-state index in [1.165, 1.54) is 0 Å². The largest absolute Gasteiger partial charge is 0.390 e. The molecule has 1 fully saturated rings. The van der Waals surface area contributed by atoms with Crippen LogP contribution in [0, 0.1) is 0 Å². The fraction of sp³-hybridized carbons (Fsp3) is 1.00. The highest BCUT2D eigenvalue weighted by Gasteiger charge is 2.39. The van der Waals surface area contributed by atoms with E-state index in [-0.39, 0.29) is 0 Å². The first-order chi connectivity index (χ1) is 3.13. The van der Waals surface area contributed by atoms with E-state index < -0.39 is 11.7 Å². The van der Waals surface area contributed by atoms with Crippen LogP contribution in [-0.4, -0.2) is 21.9 Å². The van der Waals surface area contributed by atoms with Crippen molar-refractivity contribution >= 4 is 0 Å². The van der Waals surface area contributed by atoms with Crippen LogP contribution in [0.4, 0.5) is 0 Å². The predicted molar refractivity (Wildman–Crippen MR) is 25.9 cm³/mol. The summed E-state index contributed by atoms with van der Waals surface area (Å²) in [5.41, 5.74) is -0.764. The molecule has 0 radical (unpaired) electrons. The Morgan fingerprint density at radius 2 is 2.14 bits per heavy atom. The van der Waals surface area contributed by atoms with Gasteiger partial charge in [0.2, 0.25) is 0 Å². The van der Waals surface area contributed by atoms with Crippen LogP contribution in [-0.2, 0) is 0 Å². The summed E-state index contributed by atoms with van der Waals surface area (Å²) in [4.78, 5) is 0. The molecule has 0 heterocycles. The van der Waals surface area contributed by atoms with E-state index in [1.807, 2.05) is 0 Å². The molecule has 0 aromatic rings. The van der Waals surface area contributed by atoms with E-state index in [0.29, 0.717) is 0 Å². The second-order valence-corrected chi connectivity index (χ2v) is 2.41. The van der Waals surface area contributed by atoms with Crippen molar-refractivity contribution in [2.45, 2.75) is 31.5 Å². The summed E-state index contributed by atoms with van der Waals surface area (Å²) < 4.78 is 0. The minimum atomic E-state index is -0.764. The standard InChI is InChI=1S/C5H10O2/c1-5(7)3-2-4(5)6/h4,6-7H,2-3H2,1H3/t4-,5-/m0/s1. The molecule has 0 aromatic heterocycles. The maximum Gasteiger partial charge on any atom is 0.0878 e. The SMILES string of the molecule is C[C@]1(O)CC[C@@H]1O. The molecule has 1 saturated carbocycles. The Kier molecular flexibility index (Phi) is 0.869. The maximum atomic E-state index is 8.93. The molecule has 0 amide bonds. The summed E-state index contributed by atoms with van der Waals surface area (Å²) in [6.07, 6.45) is 1.04. The van der Waals surface area contributed by atoms with Gasteiger partial charge in [-0.25, -0.2) is 0 Å². The second kappa shape index (κ2) is 1.20. The summed E-state index contributed by atoms with van der Waals surface area (Å²) in [6.45, 7) is 1.65. The van der Waals surface area contributed by atoms with E-state index >= 15 is 0 Å². The number of rotatable bonds is 0. The Balaban J connectivity index is 2.43. The zero-order valence-corrected chi connectivity index (χ0v) is 4.39. The molecular formula is C5H10O2. The zero-order valence-electron chi connectivity index (χ0n) is 4.39. The molecule has 1 aliphatic carbocycles. The molecule has 7 heavy (non-hydrogen) atoms. The molecule has 42 valence electrons. The Bertz CT molecular complexity index is 78.1. The van der Waals surface area contributed by atoms with Crippen molar-refractivity contribution in [2.24, 2.45) is 0 Å². The molecule has 2 nitrogen and oxygen atoms in total. The highest BCUT2D eigenvalue weighted by molar-refractivity contribution is 4.91. The molecule has 0 unspecified atom stereocenters. The van der Waals surface area contributed by atoms with Gasteiger partial charge in [0.05, 0.1) is 11.7 Å². The molecule has 2 heteroatoms. The maximum absolute atomic E-state index is 8.93. The van der Waals surface area contributed by atoms with E-state index in [0.717, 1.165) is 12.8 Å². The summed E-state index contributed by atoms with van der Waals surface area (Å²) >= 11 is 0. The minimum absolute atomic E-state index is 0.465. The van der Waals surface area contributed by atoms with Gasteiger partial charge in [-0.1, -0.05) is 0 Å². The fourth-order valence-corrected chi connectivity index (χ4v) is 0.691. The number of hydrogen-bond acceptors (Lipinski definition) is 2. The van der Waals surface area contributed by atoms with Crippen LogP contribution in [0.1, 0.15) is 19.8 Å². The Morgan fingerprint density at radius 3 is 2.14 bits per heavy atom. The molecule has 2 N–H and O–H groups in total. The van der Waals surface area contributed by atoms with Gasteiger partial charge >= 0.3 is 0 Å². The van der Waals surface area contributed by atoms with E-state index in [9.17, 15) is 0 Å². The average molecular weight is 102 g/mol. The van der Waals surface area contributed by atoms with Crippen LogP contribution >= 0.6 is 0 Å². The summed E-state index contributed by atoms with van der Waals surface area (Å²) in [7, 11) is 0. The lowest BCUT2D eigenvalue weighted by Crippen LogP contribution is -2.48. The van der Waals surface area contributed by atoms with Crippen LogP contribution in [0.25, 0.3) is 0 Å². The quantitative estimate of drug-likeness (QED) is 0.448. The number of aliphatic hydroxyl groups excluding tert-OH is 1. The van der Waals surface area contributed by atoms with Gasteiger partial charge in [-0.15, -0.1) is 0 Å². The summed E-state index contributed by atoms with van der Waals surface area (Å²) in [6, 6.07) is 0. The molecular weight excluding hydrogens is 92.1 g/mol. The first-order valence-corrected chi connectivity index (χ1v) is 2.53. The van der Waals surface area contributed by atoms with Gasteiger partial charge in [0.25, 0.3) is 0 Å². The average Bonchev–Trinajstić information content (AvgIpc) is 1.63. The predicted octanol–water partition coefficient (Wildman–Crippen LogP) is -0.108. The lowest BCUT2D eigenvalue weighted by atomic mass is 9.79. The summed E-state index contributed by atoms with van der Waals surface area (Å²) in [5.74, 6) is 0. The third kappa shape index (κ3) is 0.640. The van der Waals surface area contributed by atoms with Gasteiger partial charge in [0, 0.05) is 0 Å². The smallest absolute Gasteiger partial charge is 0.0878 e. The van der Waals surface area contributed by atoms with Gasteiger partial charge in [-0.05, 0) is 19.8 Å². The van der Waals surface area contributed by atoms with Crippen molar-refractivity contribution in [1.29, 1.82) is 0 Å². The van der Waals surface area contributed by atoms with Gasteiger partial charge < -0.3 is 10.2 Å². The molecule has 0 spiro atoms. The molecule has 0 aromatic carbocycles. The van der Waals surface area contributed by atoms with Crippen LogP contribution in [0.2, 0.25) is 0 Å². The summed E-state index contributed by atoms with van der Waals surface area (Å²) in [5, 5.41) is 17.7.